The van der Waals surface area contributed by atoms with Crippen molar-refractivity contribution in [1.29, 1.82) is 0 Å². The van der Waals surface area contributed by atoms with Crippen molar-refractivity contribution in [2.75, 3.05) is 0 Å². The Kier molecular flexibility index (Phi) is 2.84. The summed E-state index contributed by atoms with van der Waals surface area (Å²) in [6.07, 6.45) is 1.38. The molecule has 0 bridgehead atoms. The van der Waals surface area contributed by atoms with Crippen LogP contribution < -0.4 is 0 Å². The molecule has 0 unspecified atom stereocenters. The van der Waals surface area contributed by atoms with Gasteiger partial charge < -0.3 is 5.11 Å². The van der Waals surface area contributed by atoms with Gasteiger partial charge in [0.15, 0.2) is 5.16 Å². The molecule has 0 fully saturated rings. The summed E-state index contributed by atoms with van der Waals surface area (Å²) >= 11 is 1.21. The first-order valence-electron chi connectivity index (χ1n) is 5.27. The fourth-order valence-electron chi connectivity index (χ4n) is 1.56. The lowest BCUT2D eigenvalue weighted by Crippen LogP contribution is -2.05. The first-order valence-corrected chi connectivity index (χ1v) is 6.09. The lowest BCUT2D eigenvalue weighted by molar-refractivity contribution is 0.0683. The Labute approximate surface area is 111 Å². The maximum Gasteiger partial charge on any atom is 0.373 e. The van der Waals surface area contributed by atoms with Gasteiger partial charge in [-0.15, -0.1) is 0 Å². The SMILES string of the molecule is O=C(O)c1nc(Sc2ncn[nH]2)c2ccccc2n1. The molecule has 3 aromatic rings. The van der Waals surface area contributed by atoms with E-state index in [1.165, 1.54) is 18.1 Å². The third-order valence-corrected chi connectivity index (χ3v) is 3.24. The Morgan fingerprint density at radius 1 is 1.26 bits per heavy atom. The number of aromatic amines is 1. The highest BCUT2D eigenvalue weighted by Crippen LogP contribution is 2.28. The van der Waals surface area contributed by atoms with Gasteiger partial charge in [0.25, 0.3) is 0 Å². The van der Waals surface area contributed by atoms with E-state index in [2.05, 4.69) is 25.1 Å². The molecular formula is C11H7N5O2S. The summed E-state index contributed by atoms with van der Waals surface area (Å²) in [7, 11) is 0. The number of carboxylic acids is 1. The number of H-pyrrole nitrogens is 1. The number of fused-ring (bicyclic) bond motifs is 1. The molecule has 0 aliphatic carbocycles. The summed E-state index contributed by atoms with van der Waals surface area (Å²) in [5.41, 5.74) is 0.580. The van der Waals surface area contributed by atoms with Crippen LogP contribution >= 0.6 is 11.8 Å². The number of benzene rings is 1. The second kappa shape index (κ2) is 4.65. The molecule has 0 saturated heterocycles. The standard InChI is InChI=1S/C11H7N5O2S/c17-10(18)8-14-7-4-2-1-3-6(7)9(15-8)19-11-12-5-13-16-11/h1-5H,(H,17,18)(H,12,13,16). The summed E-state index contributed by atoms with van der Waals surface area (Å²) in [4.78, 5) is 23.0. The number of para-hydroxylation sites is 1. The fraction of sp³-hybridized carbons (Fsp3) is 0. The third-order valence-electron chi connectivity index (χ3n) is 2.35. The maximum atomic E-state index is 11.0. The predicted molar refractivity (Wildman–Crippen MR) is 67.0 cm³/mol. The van der Waals surface area contributed by atoms with E-state index in [4.69, 9.17) is 5.11 Å². The van der Waals surface area contributed by atoms with Crippen LogP contribution in [0.4, 0.5) is 0 Å². The van der Waals surface area contributed by atoms with Crippen molar-refractivity contribution < 1.29 is 9.90 Å². The summed E-state index contributed by atoms with van der Waals surface area (Å²) in [6.45, 7) is 0. The van der Waals surface area contributed by atoms with Crippen LogP contribution in [0.5, 0.6) is 0 Å². The van der Waals surface area contributed by atoms with Crippen LogP contribution in [0.25, 0.3) is 10.9 Å². The van der Waals surface area contributed by atoms with Gasteiger partial charge in [-0.3, -0.25) is 5.10 Å². The molecule has 7 nitrogen and oxygen atoms in total. The van der Waals surface area contributed by atoms with E-state index in [9.17, 15) is 4.79 Å². The molecule has 0 atom stereocenters. The van der Waals surface area contributed by atoms with Gasteiger partial charge in [-0.1, -0.05) is 18.2 Å². The van der Waals surface area contributed by atoms with Crippen molar-refractivity contribution in [3.63, 3.8) is 0 Å². The predicted octanol–water partition coefficient (Wildman–Crippen LogP) is 1.60. The van der Waals surface area contributed by atoms with Crippen LogP contribution in [-0.2, 0) is 0 Å². The van der Waals surface area contributed by atoms with Crippen molar-refractivity contribution in [3.8, 4) is 0 Å². The summed E-state index contributed by atoms with van der Waals surface area (Å²) in [5.74, 6) is -1.40. The Hall–Kier alpha value is -2.48. The first kappa shape index (κ1) is 11.6. The Morgan fingerprint density at radius 3 is 2.84 bits per heavy atom. The molecule has 2 heterocycles. The molecule has 19 heavy (non-hydrogen) atoms. The molecule has 0 amide bonds. The molecule has 0 radical (unpaired) electrons. The minimum atomic E-state index is -1.16. The number of hydrogen-bond donors (Lipinski definition) is 2. The smallest absolute Gasteiger partial charge is 0.373 e. The van der Waals surface area contributed by atoms with Crippen LogP contribution in [0.15, 0.2) is 40.8 Å². The highest BCUT2D eigenvalue weighted by molar-refractivity contribution is 7.99. The normalized spacial score (nSPS) is 10.7. The Balaban J connectivity index is 2.17. The summed E-state index contributed by atoms with van der Waals surface area (Å²) in [5, 5.41) is 17.3. The van der Waals surface area contributed by atoms with Gasteiger partial charge in [-0.2, -0.15) is 5.10 Å². The second-order valence-electron chi connectivity index (χ2n) is 3.57. The number of nitrogens with zero attached hydrogens (tertiary/aromatic N) is 4. The maximum absolute atomic E-state index is 11.0. The zero-order valence-corrected chi connectivity index (χ0v) is 10.3. The molecule has 2 N–H and O–H groups in total. The van der Waals surface area contributed by atoms with Gasteiger partial charge in [0.1, 0.15) is 11.4 Å². The van der Waals surface area contributed by atoms with Gasteiger partial charge in [-0.05, 0) is 17.8 Å². The van der Waals surface area contributed by atoms with E-state index in [0.717, 1.165) is 5.39 Å². The number of aromatic carboxylic acids is 1. The van der Waals surface area contributed by atoms with E-state index in [-0.39, 0.29) is 5.82 Å². The van der Waals surface area contributed by atoms with E-state index < -0.39 is 5.97 Å². The highest BCUT2D eigenvalue weighted by atomic mass is 32.2. The molecule has 3 rings (SSSR count). The molecule has 0 spiro atoms. The monoisotopic (exact) mass is 273 g/mol. The van der Waals surface area contributed by atoms with Crippen LogP contribution in [0.2, 0.25) is 0 Å². The highest BCUT2D eigenvalue weighted by Gasteiger charge is 2.14. The number of carbonyl (C=O) groups is 1. The van der Waals surface area contributed by atoms with Gasteiger partial charge in [0.2, 0.25) is 5.82 Å². The zero-order chi connectivity index (χ0) is 13.2. The molecule has 0 saturated carbocycles. The largest absolute Gasteiger partial charge is 0.475 e. The Bertz CT molecular complexity index is 744. The number of rotatable bonds is 3. The summed E-state index contributed by atoms with van der Waals surface area (Å²) < 4.78 is 0. The third kappa shape index (κ3) is 2.25. The molecular weight excluding hydrogens is 266 g/mol. The van der Waals surface area contributed by atoms with Crippen molar-refractivity contribution in [3.05, 3.63) is 36.4 Å². The fourth-order valence-corrected chi connectivity index (χ4v) is 2.35. The molecule has 94 valence electrons. The minimum absolute atomic E-state index is 0.235. The number of hydrogen-bond acceptors (Lipinski definition) is 6. The van der Waals surface area contributed by atoms with Crippen molar-refractivity contribution in [2.24, 2.45) is 0 Å². The lowest BCUT2D eigenvalue weighted by atomic mass is 10.2. The molecule has 0 aliphatic rings. The molecule has 1 aromatic carbocycles. The van der Waals surface area contributed by atoms with Gasteiger partial charge in [0, 0.05) is 5.39 Å². The average molecular weight is 273 g/mol. The lowest BCUT2D eigenvalue weighted by Gasteiger charge is -2.04. The Morgan fingerprint density at radius 2 is 2.11 bits per heavy atom. The van der Waals surface area contributed by atoms with Crippen molar-refractivity contribution >= 4 is 28.6 Å². The topological polar surface area (TPSA) is 105 Å². The molecule has 0 aliphatic heterocycles. The van der Waals surface area contributed by atoms with E-state index in [1.54, 1.807) is 12.1 Å². The van der Waals surface area contributed by atoms with Crippen LogP contribution in [0.1, 0.15) is 10.6 Å². The van der Waals surface area contributed by atoms with Gasteiger partial charge in [0.05, 0.1) is 5.52 Å². The summed E-state index contributed by atoms with van der Waals surface area (Å²) in [6, 6.07) is 7.22. The van der Waals surface area contributed by atoms with E-state index >= 15 is 0 Å². The quantitative estimate of drug-likeness (QED) is 0.698. The van der Waals surface area contributed by atoms with E-state index in [1.807, 2.05) is 12.1 Å². The number of nitrogens with one attached hydrogen (secondary N) is 1. The number of aromatic nitrogens is 5. The minimum Gasteiger partial charge on any atom is -0.475 e. The van der Waals surface area contributed by atoms with Gasteiger partial charge in [-0.25, -0.2) is 19.7 Å². The van der Waals surface area contributed by atoms with Crippen LogP contribution in [0.3, 0.4) is 0 Å². The van der Waals surface area contributed by atoms with Crippen molar-refractivity contribution in [1.82, 2.24) is 25.1 Å². The second-order valence-corrected chi connectivity index (χ2v) is 4.54. The first-order chi connectivity index (χ1) is 9.24. The zero-order valence-electron chi connectivity index (χ0n) is 9.44. The van der Waals surface area contributed by atoms with E-state index in [0.29, 0.717) is 15.7 Å². The molecule has 2 aromatic heterocycles. The van der Waals surface area contributed by atoms with Gasteiger partial charge >= 0.3 is 5.97 Å². The molecule has 8 heteroatoms. The van der Waals surface area contributed by atoms with Crippen LogP contribution in [-0.4, -0.2) is 36.2 Å². The number of carboxylic acid groups (broad SMARTS) is 1. The average Bonchev–Trinajstić information content (AvgIpc) is 2.91. The van der Waals surface area contributed by atoms with Crippen molar-refractivity contribution in [2.45, 2.75) is 10.2 Å². The van der Waals surface area contributed by atoms with Crippen LogP contribution in [0, 0.1) is 0 Å².